The van der Waals surface area contributed by atoms with Crippen LogP contribution in [-0.4, -0.2) is 42.5 Å². The van der Waals surface area contributed by atoms with E-state index in [0.717, 1.165) is 28.7 Å². The number of nitrogens with one attached hydrogen (secondary N) is 1. The van der Waals surface area contributed by atoms with E-state index in [1.165, 1.54) is 29.3 Å². The molecule has 0 bridgehead atoms. The molecular formula is C32H31FN4O4S. The minimum Gasteiger partial charge on any atom is -0.377 e. The summed E-state index contributed by atoms with van der Waals surface area (Å²) in [5, 5.41) is 0.692. The van der Waals surface area contributed by atoms with Crippen molar-refractivity contribution in [2.45, 2.75) is 51.3 Å². The molecule has 8 nitrogen and oxygen atoms in total. The molecule has 6 rings (SSSR count). The highest BCUT2D eigenvalue weighted by atomic mass is 32.2. The van der Waals surface area contributed by atoms with Gasteiger partial charge < -0.3 is 14.1 Å². The fourth-order valence-electron chi connectivity index (χ4n) is 5.70. The van der Waals surface area contributed by atoms with Crippen LogP contribution >= 0.6 is 0 Å². The maximum absolute atomic E-state index is 14.6. The van der Waals surface area contributed by atoms with E-state index < -0.39 is 28.6 Å². The highest BCUT2D eigenvalue weighted by molar-refractivity contribution is 7.87. The summed E-state index contributed by atoms with van der Waals surface area (Å²) in [7, 11) is -4.20. The molecule has 216 valence electrons. The first-order valence-corrected chi connectivity index (χ1v) is 15.3. The number of aryl methyl sites for hydroxylation is 4. The monoisotopic (exact) mass is 586 g/mol. The van der Waals surface area contributed by atoms with Gasteiger partial charge in [-0.2, -0.15) is 8.42 Å². The topological polar surface area (TPSA) is 105 Å². The smallest absolute Gasteiger partial charge is 0.339 e. The number of H-pyrrole nitrogens is 1. The SMILES string of the molecule is CCCc1c[nH]c2c(OS(=O)(=O)c3ccc(C)cc3)cc3c(c12)C(CF)CN3C(=O)c1cnc2c(C)c(C)ccc2n1. The van der Waals surface area contributed by atoms with Crippen molar-refractivity contribution in [1.82, 2.24) is 15.0 Å². The molecule has 1 unspecified atom stereocenters. The van der Waals surface area contributed by atoms with Crippen LogP contribution in [0.5, 0.6) is 5.75 Å². The zero-order valence-electron chi connectivity index (χ0n) is 23.9. The van der Waals surface area contributed by atoms with E-state index in [9.17, 15) is 17.6 Å². The van der Waals surface area contributed by atoms with Gasteiger partial charge in [-0.15, -0.1) is 0 Å². The maximum Gasteiger partial charge on any atom is 0.339 e. The number of halogens is 1. The van der Waals surface area contributed by atoms with Crippen LogP contribution < -0.4 is 9.08 Å². The Morgan fingerprint density at radius 2 is 1.90 bits per heavy atom. The molecule has 1 amide bonds. The summed E-state index contributed by atoms with van der Waals surface area (Å²) < 4.78 is 47.0. The predicted molar refractivity (Wildman–Crippen MR) is 161 cm³/mol. The van der Waals surface area contributed by atoms with E-state index in [2.05, 4.69) is 15.0 Å². The molecule has 2 aromatic heterocycles. The van der Waals surface area contributed by atoms with Crippen molar-refractivity contribution in [3.8, 4) is 5.75 Å². The predicted octanol–water partition coefficient (Wildman–Crippen LogP) is 6.47. The number of benzene rings is 3. The molecule has 1 N–H and O–H groups in total. The first-order valence-electron chi connectivity index (χ1n) is 13.9. The number of carbonyl (C=O) groups excluding carboxylic acids is 1. The van der Waals surface area contributed by atoms with E-state index in [0.29, 0.717) is 39.6 Å². The molecule has 0 saturated carbocycles. The lowest BCUT2D eigenvalue weighted by Crippen LogP contribution is -2.31. The summed E-state index contributed by atoms with van der Waals surface area (Å²) in [5.41, 5.74) is 6.82. The Balaban J connectivity index is 1.50. The first-order chi connectivity index (χ1) is 20.1. The van der Waals surface area contributed by atoms with Gasteiger partial charge in [0.1, 0.15) is 10.6 Å². The number of rotatable bonds is 7. The summed E-state index contributed by atoms with van der Waals surface area (Å²) in [6.45, 7) is 7.24. The second kappa shape index (κ2) is 10.5. The van der Waals surface area contributed by atoms with Gasteiger partial charge in [0.15, 0.2) is 5.75 Å². The molecule has 3 aromatic carbocycles. The van der Waals surface area contributed by atoms with Crippen LogP contribution in [0.3, 0.4) is 0 Å². The molecule has 5 aromatic rings. The molecule has 1 aliphatic heterocycles. The third-order valence-electron chi connectivity index (χ3n) is 8.04. The lowest BCUT2D eigenvalue weighted by atomic mass is 9.95. The Morgan fingerprint density at radius 3 is 2.62 bits per heavy atom. The minimum absolute atomic E-state index is 0.00798. The van der Waals surface area contributed by atoms with Crippen LogP contribution in [0.15, 0.2) is 59.8 Å². The second-order valence-electron chi connectivity index (χ2n) is 10.9. The van der Waals surface area contributed by atoms with Gasteiger partial charge in [0.05, 0.1) is 35.1 Å². The summed E-state index contributed by atoms with van der Waals surface area (Å²) in [5.74, 6) is -1.00. The number of aromatic amines is 1. The van der Waals surface area contributed by atoms with Crippen LogP contribution in [0.4, 0.5) is 10.1 Å². The fraction of sp³-hybridized carbons (Fsp3) is 0.281. The average Bonchev–Trinajstić information content (AvgIpc) is 3.56. The van der Waals surface area contributed by atoms with Crippen molar-refractivity contribution in [3.63, 3.8) is 0 Å². The van der Waals surface area contributed by atoms with Crippen molar-refractivity contribution in [2.75, 3.05) is 18.1 Å². The van der Waals surface area contributed by atoms with E-state index >= 15 is 0 Å². The standard InChI is InChI=1S/C32H31FN4O4S/c1-5-6-21-15-34-31-27(41-42(39,40)23-10-7-18(2)8-11-23)13-26-28(29(21)31)22(14-33)17-37(26)32(38)25-16-35-30-20(4)19(3)9-12-24(30)36-25/h7-13,15-16,22,34H,5-6,14,17H2,1-4H3. The van der Waals surface area contributed by atoms with Crippen molar-refractivity contribution in [3.05, 3.63) is 88.4 Å². The van der Waals surface area contributed by atoms with Gasteiger partial charge in [-0.1, -0.05) is 37.1 Å². The van der Waals surface area contributed by atoms with Crippen LogP contribution in [-0.2, 0) is 16.5 Å². The van der Waals surface area contributed by atoms with Crippen molar-refractivity contribution >= 4 is 43.6 Å². The van der Waals surface area contributed by atoms with Crippen LogP contribution in [0.1, 0.15) is 57.6 Å². The Kier molecular flexibility index (Phi) is 6.97. The molecule has 0 fully saturated rings. The quantitative estimate of drug-likeness (QED) is 0.219. The number of amides is 1. The molecule has 10 heteroatoms. The number of anilines is 1. The Morgan fingerprint density at radius 1 is 1.14 bits per heavy atom. The maximum atomic E-state index is 14.6. The van der Waals surface area contributed by atoms with Gasteiger partial charge in [0.2, 0.25) is 0 Å². The molecule has 1 aliphatic rings. The molecule has 0 aliphatic carbocycles. The molecule has 0 radical (unpaired) electrons. The third-order valence-corrected chi connectivity index (χ3v) is 9.29. The Hall–Kier alpha value is -4.31. The van der Waals surface area contributed by atoms with E-state index in [1.54, 1.807) is 18.3 Å². The highest BCUT2D eigenvalue weighted by Gasteiger charge is 2.38. The molecule has 42 heavy (non-hydrogen) atoms. The van der Waals surface area contributed by atoms with Crippen LogP contribution in [0, 0.1) is 20.8 Å². The minimum atomic E-state index is -4.20. The molecular weight excluding hydrogens is 555 g/mol. The number of fused-ring (bicyclic) bond motifs is 4. The van der Waals surface area contributed by atoms with Crippen molar-refractivity contribution < 1.29 is 21.8 Å². The summed E-state index contributed by atoms with van der Waals surface area (Å²) in [6, 6.07) is 11.6. The lowest BCUT2D eigenvalue weighted by molar-refractivity contribution is 0.0983. The van der Waals surface area contributed by atoms with E-state index in [-0.39, 0.29) is 22.9 Å². The zero-order valence-corrected chi connectivity index (χ0v) is 24.7. The number of alkyl halides is 1. The first kappa shape index (κ1) is 27.8. The van der Waals surface area contributed by atoms with Crippen LogP contribution in [0.2, 0.25) is 0 Å². The largest absolute Gasteiger partial charge is 0.377 e. The van der Waals surface area contributed by atoms with Gasteiger partial charge in [-0.05, 0) is 67.6 Å². The number of hydrogen-bond acceptors (Lipinski definition) is 6. The Bertz CT molecular complexity index is 1970. The Labute approximate surface area is 243 Å². The third kappa shape index (κ3) is 4.59. The summed E-state index contributed by atoms with van der Waals surface area (Å²) >= 11 is 0. The number of hydrogen-bond donors (Lipinski definition) is 1. The molecule has 0 spiro atoms. The average molecular weight is 587 g/mol. The number of nitrogens with zero attached hydrogens (tertiary/aromatic N) is 3. The van der Waals surface area contributed by atoms with Gasteiger partial charge in [0.25, 0.3) is 5.91 Å². The number of aromatic nitrogens is 3. The normalized spacial score (nSPS) is 15.0. The second-order valence-corrected chi connectivity index (χ2v) is 12.4. The van der Waals surface area contributed by atoms with E-state index in [1.807, 2.05) is 39.8 Å². The van der Waals surface area contributed by atoms with E-state index in [4.69, 9.17) is 4.18 Å². The molecule has 0 saturated heterocycles. The van der Waals surface area contributed by atoms with Crippen LogP contribution in [0.25, 0.3) is 21.9 Å². The summed E-state index contributed by atoms with van der Waals surface area (Å²) in [6.07, 6.45) is 4.75. The van der Waals surface area contributed by atoms with Gasteiger partial charge in [0, 0.05) is 30.1 Å². The van der Waals surface area contributed by atoms with Crippen molar-refractivity contribution in [2.24, 2.45) is 0 Å². The fourth-order valence-corrected chi connectivity index (χ4v) is 6.64. The van der Waals surface area contributed by atoms with Gasteiger partial charge in [-0.25, -0.2) is 4.98 Å². The number of carbonyl (C=O) groups is 1. The summed E-state index contributed by atoms with van der Waals surface area (Å²) in [4.78, 5) is 27.7. The molecule has 3 heterocycles. The lowest BCUT2D eigenvalue weighted by Gasteiger charge is -2.19. The highest BCUT2D eigenvalue weighted by Crippen LogP contribution is 2.47. The van der Waals surface area contributed by atoms with Gasteiger partial charge >= 0.3 is 10.1 Å². The van der Waals surface area contributed by atoms with Gasteiger partial charge in [-0.3, -0.25) is 14.2 Å². The van der Waals surface area contributed by atoms with Crippen molar-refractivity contribution in [1.29, 1.82) is 0 Å². The molecule has 1 atom stereocenters. The zero-order chi connectivity index (χ0) is 29.8.